The monoisotopic (exact) mass is 441 g/mol. The minimum Gasteiger partial charge on any atom is -0.317 e. The number of pyridine rings is 1. The van der Waals surface area contributed by atoms with Crippen LogP contribution in [-0.2, 0) is 0 Å². The standard InChI is InChI=1S/C31H24N2O/c1-23-17-19-28(20-18-23)33-29(25-13-7-3-8-14-25)21-26(24-11-5-2-6-12-24)22-30(33)31(34)32-27-15-9-4-10-16-27/h2-22H,1H3/p+1. The van der Waals surface area contributed by atoms with Crippen LogP contribution in [0.1, 0.15) is 16.1 Å². The molecule has 0 bridgehead atoms. The highest BCUT2D eigenvalue weighted by atomic mass is 16.1. The van der Waals surface area contributed by atoms with Crippen LogP contribution >= 0.6 is 0 Å². The third-order valence-electron chi connectivity index (χ3n) is 5.80. The Labute approximate surface area is 200 Å². The van der Waals surface area contributed by atoms with Crippen LogP contribution in [0.3, 0.4) is 0 Å². The smallest absolute Gasteiger partial charge is 0.317 e. The van der Waals surface area contributed by atoms with Crippen LogP contribution in [0.25, 0.3) is 28.1 Å². The van der Waals surface area contributed by atoms with Crippen molar-refractivity contribution in [1.82, 2.24) is 0 Å². The quantitative estimate of drug-likeness (QED) is 0.297. The highest BCUT2D eigenvalue weighted by Gasteiger charge is 2.28. The van der Waals surface area contributed by atoms with Gasteiger partial charge in [0.1, 0.15) is 0 Å². The normalized spacial score (nSPS) is 10.6. The van der Waals surface area contributed by atoms with Gasteiger partial charge in [-0.2, -0.15) is 0 Å². The fourth-order valence-corrected chi connectivity index (χ4v) is 4.07. The number of anilines is 1. The molecule has 0 aliphatic carbocycles. The molecule has 0 aliphatic heterocycles. The first kappa shape index (κ1) is 21.4. The van der Waals surface area contributed by atoms with Crippen molar-refractivity contribution in [2.45, 2.75) is 6.92 Å². The number of nitrogens with one attached hydrogen (secondary N) is 1. The molecule has 1 aromatic heterocycles. The van der Waals surface area contributed by atoms with Crippen LogP contribution in [0.4, 0.5) is 5.69 Å². The summed E-state index contributed by atoms with van der Waals surface area (Å²) in [6.07, 6.45) is 0. The molecule has 0 unspecified atom stereocenters. The molecule has 1 amide bonds. The van der Waals surface area contributed by atoms with Crippen LogP contribution in [0, 0.1) is 6.92 Å². The van der Waals surface area contributed by atoms with Crippen LogP contribution < -0.4 is 9.88 Å². The van der Waals surface area contributed by atoms with Gasteiger partial charge in [0, 0.05) is 35.5 Å². The second kappa shape index (κ2) is 9.55. The lowest BCUT2D eigenvalue weighted by Gasteiger charge is -2.12. The average Bonchev–Trinajstić information content (AvgIpc) is 2.90. The number of carbonyl (C=O) groups is 1. The van der Waals surface area contributed by atoms with E-state index < -0.39 is 0 Å². The zero-order chi connectivity index (χ0) is 23.3. The fraction of sp³-hybridized carbons (Fsp3) is 0.0323. The number of nitrogens with zero attached hydrogens (tertiary/aromatic N) is 1. The number of aromatic nitrogens is 1. The molecule has 0 aliphatic rings. The summed E-state index contributed by atoms with van der Waals surface area (Å²) >= 11 is 0. The predicted octanol–water partition coefficient (Wildman–Crippen LogP) is 6.86. The van der Waals surface area contributed by atoms with E-state index in [4.69, 9.17) is 0 Å². The zero-order valence-corrected chi connectivity index (χ0v) is 19.0. The van der Waals surface area contributed by atoms with Gasteiger partial charge in [-0.3, -0.25) is 4.79 Å². The first-order chi connectivity index (χ1) is 16.7. The summed E-state index contributed by atoms with van der Waals surface area (Å²) in [7, 11) is 0. The molecule has 0 fully saturated rings. The molecule has 164 valence electrons. The maximum Gasteiger partial charge on any atom is 0.321 e. The van der Waals surface area contributed by atoms with E-state index in [-0.39, 0.29) is 5.91 Å². The topological polar surface area (TPSA) is 33.0 Å². The minimum absolute atomic E-state index is 0.165. The molecule has 0 saturated heterocycles. The van der Waals surface area contributed by atoms with E-state index in [1.165, 1.54) is 5.56 Å². The molecule has 0 radical (unpaired) electrons. The van der Waals surface area contributed by atoms with Gasteiger partial charge >= 0.3 is 5.91 Å². The molecule has 0 atom stereocenters. The van der Waals surface area contributed by atoms with E-state index in [0.29, 0.717) is 5.69 Å². The summed E-state index contributed by atoms with van der Waals surface area (Å²) in [6, 6.07) is 42.3. The van der Waals surface area contributed by atoms with Crippen molar-refractivity contribution in [2.75, 3.05) is 5.32 Å². The highest BCUT2D eigenvalue weighted by Crippen LogP contribution is 2.27. The van der Waals surface area contributed by atoms with Crippen molar-refractivity contribution in [3.8, 4) is 28.1 Å². The van der Waals surface area contributed by atoms with E-state index in [1.807, 2.05) is 77.4 Å². The van der Waals surface area contributed by atoms with Crippen LogP contribution in [0.2, 0.25) is 0 Å². The summed E-state index contributed by atoms with van der Waals surface area (Å²) in [5.41, 5.74) is 7.45. The Hall–Kier alpha value is -4.50. The minimum atomic E-state index is -0.165. The lowest BCUT2D eigenvalue weighted by molar-refractivity contribution is -0.586. The van der Waals surface area contributed by atoms with Crippen LogP contribution in [0.15, 0.2) is 127 Å². The number of carbonyl (C=O) groups excluding carboxylic acids is 1. The second-order valence-corrected chi connectivity index (χ2v) is 8.24. The summed E-state index contributed by atoms with van der Waals surface area (Å²) < 4.78 is 2.04. The van der Waals surface area contributed by atoms with Gasteiger partial charge in [-0.1, -0.05) is 84.4 Å². The first-order valence-electron chi connectivity index (χ1n) is 11.3. The predicted molar refractivity (Wildman–Crippen MR) is 138 cm³/mol. The number of para-hydroxylation sites is 1. The maximum absolute atomic E-state index is 13.7. The number of hydrogen-bond donors (Lipinski definition) is 1. The molecule has 3 nitrogen and oxygen atoms in total. The van der Waals surface area contributed by atoms with Gasteiger partial charge in [0.25, 0.3) is 5.69 Å². The molecular formula is C31H25N2O+. The van der Waals surface area contributed by atoms with Crippen molar-refractivity contribution in [1.29, 1.82) is 0 Å². The maximum atomic E-state index is 13.7. The van der Waals surface area contributed by atoms with Gasteiger partial charge in [0.05, 0.1) is 0 Å². The third kappa shape index (κ3) is 4.50. The Morgan fingerprint density at radius 1 is 0.618 bits per heavy atom. The number of rotatable bonds is 5. The van der Waals surface area contributed by atoms with Gasteiger partial charge in [-0.15, -0.1) is 4.57 Å². The molecule has 1 N–H and O–H groups in total. The molecular weight excluding hydrogens is 416 g/mol. The number of amides is 1. The molecule has 0 spiro atoms. The number of benzene rings is 4. The zero-order valence-electron chi connectivity index (χ0n) is 19.0. The van der Waals surface area contributed by atoms with Crippen molar-refractivity contribution >= 4 is 11.6 Å². The highest BCUT2D eigenvalue weighted by molar-refractivity contribution is 6.02. The number of aryl methyl sites for hydroxylation is 1. The van der Waals surface area contributed by atoms with Crippen molar-refractivity contribution in [3.63, 3.8) is 0 Å². The Balaban J connectivity index is 1.77. The summed E-state index contributed by atoms with van der Waals surface area (Å²) in [5.74, 6) is -0.165. The van der Waals surface area contributed by atoms with Crippen LogP contribution in [-0.4, -0.2) is 5.91 Å². The first-order valence-corrected chi connectivity index (χ1v) is 11.3. The molecule has 4 aromatic carbocycles. The summed E-state index contributed by atoms with van der Waals surface area (Å²) in [6.45, 7) is 2.06. The van der Waals surface area contributed by atoms with Crippen molar-refractivity contribution in [2.24, 2.45) is 0 Å². The van der Waals surface area contributed by atoms with Gasteiger partial charge < -0.3 is 5.32 Å². The van der Waals surface area contributed by atoms with Crippen molar-refractivity contribution in [3.05, 3.63) is 139 Å². The van der Waals surface area contributed by atoms with Gasteiger partial charge in [-0.25, -0.2) is 0 Å². The van der Waals surface area contributed by atoms with E-state index in [1.54, 1.807) is 0 Å². The SMILES string of the molecule is Cc1ccc(-[n+]2c(C(=O)Nc3ccccc3)cc(-c3ccccc3)cc2-c2ccccc2)cc1. The molecule has 34 heavy (non-hydrogen) atoms. The van der Waals surface area contributed by atoms with E-state index in [2.05, 4.69) is 66.8 Å². The van der Waals surface area contributed by atoms with Gasteiger partial charge in [-0.05, 0) is 42.3 Å². The van der Waals surface area contributed by atoms with Gasteiger partial charge in [0.15, 0.2) is 0 Å². The molecule has 0 saturated carbocycles. The molecule has 5 rings (SSSR count). The Morgan fingerprint density at radius 3 is 1.79 bits per heavy atom. The number of hydrogen-bond acceptors (Lipinski definition) is 1. The van der Waals surface area contributed by atoms with Gasteiger partial charge in [0.2, 0.25) is 11.4 Å². The molecule has 5 aromatic rings. The summed E-state index contributed by atoms with van der Waals surface area (Å²) in [4.78, 5) is 13.7. The van der Waals surface area contributed by atoms with Crippen molar-refractivity contribution < 1.29 is 9.36 Å². The summed E-state index contributed by atoms with van der Waals surface area (Å²) in [5, 5.41) is 3.08. The Kier molecular flexibility index (Phi) is 6.00. The Morgan fingerprint density at radius 2 is 1.18 bits per heavy atom. The second-order valence-electron chi connectivity index (χ2n) is 8.24. The lowest BCUT2D eigenvalue weighted by Crippen LogP contribution is -2.42. The fourth-order valence-electron chi connectivity index (χ4n) is 4.07. The third-order valence-corrected chi connectivity index (χ3v) is 5.80. The van der Waals surface area contributed by atoms with Crippen LogP contribution in [0.5, 0.6) is 0 Å². The Bertz CT molecular complexity index is 1410. The molecule has 1 heterocycles. The average molecular weight is 442 g/mol. The largest absolute Gasteiger partial charge is 0.321 e. The van der Waals surface area contributed by atoms with E-state index in [0.717, 1.165) is 33.8 Å². The van der Waals surface area contributed by atoms with E-state index >= 15 is 0 Å². The van der Waals surface area contributed by atoms with E-state index in [9.17, 15) is 4.79 Å². The lowest BCUT2D eigenvalue weighted by atomic mass is 10.0. The molecule has 3 heteroatoms.